The highest BCUT2D eigenvalue weighted by molar-refractivity contribution is 7.97. The van der Waals surface area contributed by atoms with E-state index in [1.54, 1.807) is 0 Å². The van der Waals surface area contributed by atoms with Gasteiger partial charge in [0.15, 0.2) is 17.7 Å². The largest absolute Gasteiger partial charge is 0.481 e. The van der Waals surface area contributed by atoms with Gasteiger partial charge in [0.1, 0.15) is 36.3 Å². The van der Waals surface area contributed by atoms with Gasteiger partial charge in [-0.2, -0.15) is 15.7 Å². The number of nitrogen functional groups attached to an aromatic ring is 1. The van der Waals surface area contributed by atoms with Crippen molar-refractivity contribution >= 4 is 68.6 Å². The molecule has 3 rings (SSSR count). The summed E-state index contributed by atoms with van der Waals surface area (Å²) >= 11 is 0.820. The fourth-order valence-electron chi connectivity index (χ4n) is 4.27. The van der Waals surface area contributed by atoms with Crippen LogP contribution in [0.2, 0.25) is 0 Å². The minimum atomic E-state index is -5.54. The number of thiol groups is 1. The van der Waals surface area contributed by atoms with Crippen molar-refractivity contribution in [2.75, 3.05) is 37.8 Å². The van der Waals surface area contributed by atoms with E-state index in [-0.39, 0.29) is 35.9 Å². The number of nitrogens with zero attached hydrogens (tertiary/aromatic N) is 4. The van der Waals surface area contributed by atoms with Crippen LogP contribution in [0.4, 0.5) is 5.82 Å². The predicted molar refractivity (Wildman–Crippen MR) is 174 cm³/mol. The topological polar surface area (TPSA) is 347 Å². The highest BCUT2D eigenvalue weighted by atomic mass is 32.1. The average molecular weight is 794 g/mol. The minimum Gasteiger partial charge on any atom is -0.386 e. The first kappa shape index (κ1) is 42.0. The van der Waals surface area contributed by atoms with Gasteiger partial charge in [-0.25, -0.2) is 28.6 Å². The lowest BCUT2D eigenvalue weighted by Gasteiger charge is -2.30. The number of carbonyl (C=O) groups is 2. The molecule has 50 heavy (non-hydrogen) atoms. The third-order valence-corrected chi connectivity index (χ3v) is 10.5. The van der Waals surface area contributed by atoms with Crippen molar-refractivity contribution in [2.24, 2.45) is 5.41 Å². The summed E-state index contributed by atoms with van der Waals surface area (Å²) < 4.78 is 61.8. The van der Waals surface area contributed by atoms with Gasteiger partial charge < -0.3 is 50.9 Å². The first-order valence-corrected chi connectivity index (χ1v) is 19.8. The van der Waals surface area contributed by atoms with E-state index in [0.717, 1.165) is 28.6 Å². The summed E-state index contributed by atoms with van der Waals surface area (Å²) in [5.41, 5.74) is 4.30. The van der Waals surface area contributed by atoms with E-state index < -0.39 is 78.6 Å². The lowest BCUT2D eigenvalue weighted by molar-refractivity contribution is -0.137. The smallest absolute Gasteiger partial charge is 0.386 e. The molecule has 0 bridgehead atoms. The number of hydrogen-bond donors (Lipinski definition) is 10. The standard InChI is InChI=1S/C23H38N7O16P3S/c1-4-50-8-7-25-14(31)5-6-26-21(34)18(33)23(2,3)10-43-49(40,41)46-48(38,39)42-9-13-17(45-47(35,36)37)16(32)22(44-13)30-12-29-15-19(24)27-11-28-20(15)30/h11-13,16-18,22,32-33,50H,1,5-10H2,2-3H3,(H,25,31)(H,26,34)(H,38,39)(H,40,41)(H2,24,27,28)(H2,35,36,37)/t13-,16-,17-,18?,22-/m1/s1. The number of aliphatic hydroxyl groups excluding tert-OH is 2. The Labute approximate surface area is 287 Å². The van der Waals surface area contributed by atoms with E-state index in [9.17, 15) is 53.1 Å². The van der Waals surface area contributed by atoms with Crippen LogP contribution >= 0.6 is 34.8 Å². The Morgan fingerprint density at radius 2 is 1.82 bits per heavy atom. The predicted octanol–water partition coefficient (Wildman–Crippen LogP) is -1.54. The lowest BCUT2D eigenvalue weighted by atomic mass is 9.87. The summed E-state index contributed by atoms with van der Waals surface area (Å²) in [5, 5.41) is 28.9. The van der Waals surface area contributed by atoms with E-state index in [1.807, 2.05) is 0 Å². The molecule has 282 valence electrons. The minimum absolute atomic E-state index is 0.0367. The van der Waals surface area contributed by atoms with Gasteiger partial charge in [0.2, 0.25) is 11.8 Å². The molecule has 3 unspecified atom stereocenters. The molecule has 7 atom stereocenters. The Hall–Kier alpha value is -2.46. The van der Waals surface area contributed by atoms with Crippen molar-refractivity contribution in [1.82, 2.24) is 30.2 Å². The van der Waals surface area contributed by atoms with E-state index >= 15 is 0 Å². The van der Waals surface area contributed by atoms with Gasteiger partial charge in [-0.3, -0.25) is 27.7 Å². The summed E-state index contributed by atoms with van der Waals surface area (Å²) in [6.07, 6.45) is -6.75. The third-order valence-electron chi connectivity index (χ3n) is 6.74. The van der Waals surface area contributed by atoms with Gasteiger partial charge in [0, 0.05) is 30.7 Å². The van der Waals surface area contributed by atoms with Crippen LogP contribution in [0.5, 0.6) is 0 Å². The summed E-state index contributed by atoms with van der Waals surface area (Å²) in [5.74, 6) is -0.731. The molecule has 1 aliphatic rings. The van der Waals surface area contributed by atoms with E-state index in [2.05, 4.69) is 46.0 Å². The van der Waals surface area contributed by atoms with Crippen LogP contribution in [0.15, 0.2) is 19.2 Å². The zero-order valence-corrected chi connectivity index (χ0v) is 30.0. The average Bonchev–Trinajstić information content (AvgIpc) is 3.57. The molecule has 10 N–H and O–H groups in total. The van der Waals surface area contributed by atoms with Crippen molar-refractivity contribution in [1.29, 1.82) is 0 Å². The number of anilines is 1. The first-order chi connectivity index (χ1) is 23.2. The Balaban J connectivity index is 1.57. The number of nitrogens with two attached hydrogens (primary N) is 1. The van der Waals surface area contributed by atoms with Crippen LogP contribution in [0.1, 0.15) is 26.5 Å². The maximum Gasteiger partial charge on any atom is 0.481 e. The number of phosphoric ester groups is 3. The molecule has 27 heteroatoms. The number of nitrogens with one attached hydrogen (secondary N) is 2. The normalized spacial score (nSPS) is 22.7. The molecule has 2 aromatic rings. The molecular formula is C23H38N7O16P3S. The van der Waals surface area contributed by atoms with Crippen molar-refractivity contribution in [3.05, 3.63) is 19.2 Å². The molecule has 1 saturated heterocycles. The second kappa shape index (κ2) is 17.4. The SMILES string of the molecule is C=C=[SH]CCNC(=O)CCNC(=O)C(O)C(C)(C)COP(=O)(O)OP(=O)(O)OC[C@H]1O[C@@H](n2cnc3c(N)ncnc32)[C@H](O)[C@@H]1OP(=O)(O)O. The molecule has 0 spiro atoms. The summed E-state index contributed by atoms with van der Waals surface area (Å²) in [6, 6.07) is 0. The first-order valence-electron chi connectivity index (χ1n) is 14.2. The van der Waals surface area contributed by atoms with Crippen molar-refractivity contribution < 1.29 is 75.7 Å². The number of aromatic nitrogens is 4. The number of rotatable bonds is 19. The maximum atomic E-state index is 12.6. The van der Waals surface area contributed by atoms with Gasteiger partial charge in [-0.15, -0.1) is 5.02 Å². The highest BCUT2D eigenvalue weighted by Gasteiger charge is 2.50. The molecule has 2 aromatic heterocycles. The molecule has 0 radical (unpaired) electrons. The van der Waals surface area contributed by atoms with Crippen LogP contribution in [0.25, 0.3) is 11.2 Å². The Morgan fingerprint density at radius 1 is 1.14 bits per heavy atom. The molecule has 0 aromatic carbocycles. The fourth-order valence-corrected chi connectivity index (χ4v) is 7.48. The number of aliphatic hydroxyl groups is 2. The summed E-state index contributed by atoms with van der Waals surface area (Å²) in [4.78, 5) is 75.0. The van der Waals surface area contributed by atoms with E-state index in [1.165, 1.54) is 13.8 Å². The van der Waals surface area contributed by atoms with E-state index in [4.69, 9.17) is 19.5 Å². The molecule has 23 nitrogen and oxygen atoms in total. The number of ether oxygens (including phenoxy) is 1. The Morgan fingerprint density at radius 3 is 2.48 bits per heavy atom. The number of hydrogen-bond acceptors (Lipinski definition) is 16. The Kier molecular flexibility index (Phi) is 14.6. The zero-order chi connectivity index (χ0) is 37.5. The number of amides is 2. The van der Waals surface area contributed by atoms with Crippen molar-refractivity contribution in [2.45, 2.75) is 50.9 Å². The number of fused-ring (bicyclic) bond motifs is 1. The van der Waals surface area contributed by atoms with Crippen LogP contribution in [0.3, 0.4) is 0 Å². The van der Waals surface area contributed by atoms with Crippen LogP contribution in [-0.4, -0.2) is 123 Å². The number of imidazole rings is 1. The number of phosphoric acid groups is 3. The monoisotopic (exact) mass is 793 g/mol. The summed E-state index contributed by atoms with van der Waals surface area (Å²) in [7, 11) is -16.3. The third kappa shape index (κ3) is 12.1. The van der Waals surface area contributed by atoms with Gasteiger partial charge in [-0.05, 0) is 0 Å². The van der Waals surface area contributed by atoms with Crippen molar-refractivity contribution in [3.63, 3.8) is 0 Å². The van der Waals surface area contributed by atoms with Crippen LogP contribution in [0, 0.1) is 5.41 Å². The van der Waals surface area contributed by atoms with Gasteiger partial charge in [0.25, 0.3) is 0 Å². The Bertz CT molecular complexity index is 1720. The molecule has 0 aliphatic carbocycles. The van der Waals surface area contributed by atoms with Gasteiger partial charge in [-0.1, -0.05) is 20.4 Å². The molecule has 2 amide bonds. The van der Waals surface area contributed by atoms with Crippen LogP contribution < -0.4 is 16.4 Å². The maximum absolute atomic E-state index is 12.6. The van der Waals surface area contributed by atoms with Crippen LogP contribution in [-0.2, 0) is 45.9 Å². The fraction of sp³-hybridized carbons (Fsp3) is 0.609. The van der Waals surface area contributed by atoms with Gasteiger partial charge in [0.05, 0.1) is 19.5 Å². The second-order valence-electron chi connectivity index (χ2n) is 11.1. The lowest BCUT2D eigenvalue weighted by Crippen LogP contribution is -2.46. The summed E-state index contributed by atoms with van der Waals surface area (Å²) in [6.45, 7) is 4.22. The molecule has 0 saturated carbocycles. The van der Waals surface area contributed by atoms with E-state index in [0.29, 0.717) is 12.3 Å². The zero-order valence-electron chi connectivity index (χ0n) is 26.4. The second-order valence-corrected chi connectivity index (χ2v) is 16.4. The molecule has 3 heterocycles. The molecule has 1 aliphatic heterocycles. The number of carbonyl (C=O) groups excluding carboxylic acids is 2. The quantitative estimate of drug-likeness (QED) is 0.0333. The molecule has 1 fully saturated rings. The molecular weight excluding hydrogens is 755 g/mol. The van der Waals surface area contributed by atoms with Gasteiger partial charge >= 0.3 is 23.5 Å². The highest BCUT2D eigenvalue weighted by Crippen LogP contribution is 2.61. The van der Waals surface area contributed by atoms with Crippen molar-refractivity contribution in [3.8, 4) is 0 Å².